The fourth-order valence-corrected chi connectivity index (χ4v) is 1.25. The third-order valence-corrected chi connectivity index (χ3v) is 1.93. The Morgan fingerprint density at radius 2 is 1.36 bits per heavy atom. The minimum absolute atomic E-state index is 1.03. The maximum Gasteiger partial charge on any atom is 0.0227 e. The van der Waals surface area contributed by atoms with Gasteiger partial charge in [-0.05, 0) is 31.6 Å². The van der Waals surface area contributed by atoms with Crippen LogP contribution in [0.1, 0.15) is 31.9 Å². The maximum absolute atomic E-state index is 2.21. The van der Waals surface area contributed by atoms with Gasteiger partial charge < -0.3 is 4.90 Å². The Balaban J connectivity index is 0.000000791. The van der Waals surface area contributed by atoms with Crippen molar-refractivity contribution >= 4 is 0 Å². The van der Waals surface area contributed by atoms with Gasteiger partial charge in [0.15, 0.2) is 0 Å². The molecule has 0 bridgehead atoms. The molecule has 0 saturated carbocycles. The Morgan fingerprint density at radius 1 is 0.929 bits per heavy atom. The van der Waals surface area contributed by atoms with Crippen molar-refractivity contribution in [3.05, 3.63) is 35.4 Å². The van der Waals surface area contributed by atoms with E-state index in [-0.39, 0.29) is 0 Å². The molecule has 1 aromatic rings. The molecule has 0 spiro atoms. The first-order valence-corrected chi connectivity index (χ1v) is 5.45. The van der Waals surface area contributed by atoms with E-state index in [9.17, 15) is 0 Å². The lowest BCUT2D eigenvalue weighted by Gasteiger charge is -2.09. The fraction of sp³-hybridized carbons (Fsp3) is 0.538. The predicted molar refractivity (Wildman–Crippen MR) is 64.6 cm³/mol. The van der Waals surface area contributed by atoms with Gasteiger partial charge in [0.05, 0.1) is 0 Å². The highest BCUT2D eigenvalue weighted by atomic mass is 15.0. The molecule has 0 amide bonds. The van der Waals surface area contributed by atoms with Crippen molar-refractivity contribution in [1.29, 1.82) is 0 Å². The first-order valence-electron chi connectivity index (χ1n) is 5.45. The molecule has 0 N–H and O–H groups in total. The van der Waals surface area contributed by atoms with E-state index in [0.717, 1.165) is 13.0 Å². The lowest BCUT2D eigenvalue weighted by Crippen LogP contribution is -2.10. The zero-order valence-corrected chi connectivity index (χ0v) is 10.2. The van der Waals surface area contributed by atoms with Gasteiger partial charge in [0.1, 0.15) is 0 Å². The molecule has 0 aliphatic carbocycles. The number of aryl methyl sites for hydroxylation is 1. The standard InChI is InChI=1S/C11H17N.C2H6/c1-4-10-5-7-11(8-6-10)9-12(2)3;1-2/h5-8H,4,9H2,1-3H3;1-2H3. The summed E-state index contributed by atoms with van der Waals surface area (Å²) < 4.78 is 0. The van der Waals surface area contributed by atoms with Gasteiger partial charge in [-0.2, -0.15) is 0 Å². The van der Waals surface area contributed by atoms with Gasteiger partial charge >= 0.3 is 0 Å². The average Bonchev–Trinajstić information content (AvgIpc) is 2.21. The van der Waals surface area contributed by atoms with Crippen molar-refractivity contribution in [3.63, 3.8) is 0 Å². The summed E-state index contributed by atoms with van der Waals surface area (Å²) in [6, 6.07) is 8.83. The summed E-state index contributed by atoms with van der Waals surface area (Å²) in [5, 5.41) is 0. The molecule has 1 nitrogen and oxygen atoms in total. The number of hydrogen-bond donors (Lipinski definition) is 0. The van der Waals surface area contributed by atoms with Crippen molar-refractivity contribution in [2.24, 2.45) is 0 Å². The highest BCUT2D eigenvalue weighted by Crippen LogP contribution is 2.06. The van der Waals surface area contributed by atoms with Crippen LogP contribution < -0.4 is 0 Å². The Labute approximate surface area is 88.8 Å². The van der Waals surface area contributed by atoms with Gasteiger partial charge in [0, 0.05) is 6.54 Å². The van der Waals surface area contributed by atoms with E-state index in [4.69, 9.17) is 0 Å². The molecule has 0 aliphatic heterocycles. The SMILES string of the molecule is CC.CCc1ccc(CN(C)C)cc1. The van der Waals surface area contributed by atoms with Crippen molar-refractivity contribution in [2.45, 2.75) is 33.7 Å². The highest BCUT2D eigenvalue weighted by Gasteiger charge is 1.94. The minimum Gasteiger partial charge on any atom is -0.305 e. The van der Waals surface area contributed by atoms with E-state index >= 15 is 0 Å². The van der Waals surface area contributed by atoms with Crippen molar-refractivity contribution in [1.82, 2.24) is 4.90 Å². The second-order valence-electron chi connectivity index (χ2n) is 3.41. The Kier molecular flexibility index (Phi) is 7.13. The molecule has 0 radical (unpaired) electrons. The molecule has 0 saturated heterocycles. The third kappa shape index (κ3) is 5.03. The molecule has 0 heterocycles. The van der Waals surface area contributed by atoms with Crippen LogP contribution >= 0.6 is 0 Å². The van der Waals surface area contributed by atoms with Gasteiger partial charge in [0.2, 0.25) is 0 Å². The molecule has 1 rings (SSSR count). The number of hydrogen-bond acceptors (Lipinski definition) is 1. The van der Waals surface area contributed by atoms with Crippen LogP contribution in [0.15, 0.2) is 24.3 Å². The molecular weight excluding hydrogens is 170 g/mol. The van der Waals surface area contributed by atoms with Crippen molar-refractivity contribution < 1.29 is 0 Å². The normalized spacial score (nSPS) is 9.57. The first kappa shape index (κ1) is 13.2. The number of nitrogens with zero attached hydrogens (tertiary/aromatic N) is 1. The van der Waals surface area contributed by atoms with Gasteiger partial charge in [-0.1, -0.05) is 45.0 Å². The van der Waals surface area contributed by atoms with E-state index in [2.05, 4.69) is 50.2 Å². The zero-order chi connectivity index (χ0) is 11.0. The lowest BCUT2D eigenvalue weighted by atomic mass is 10.1. The smallest absolute Gasteiger partial charge is 0.0227 e. The summed E-state index contributed by atoms with van der Waals surface area (Å²) in [5.41, 5.74) is 2.80. The van der Waals surface area contributed by atoms with Crippen LogP contribution in [0.3, 0.4) is 0 Å². The summed E-state index contributed by atoms with van der Waals surface area (Å²) in [4.78, 5) is 2.18. The largest absolute Gasteiger partial charge is 0.305 e. The first-order chi connectivity index (χ1) is 6.72. The van der Waals surface area contributed by atoms with Gasteiger partial charge in [-0.15, -0.1) is 0 Å². The summed E-state index contributed by atoms with van der Waals surface area (Å²) in [7, 11) is 4.18. The monoisotopic (exact) mass is 193 g/mol. The van der Waals surface area contributed by atoms with Crippen LogP contribution in [0.2, 0.25) is 0 Å². The summed E-state index contributed by atoms with van der Waals surface area (Å²) in [5.74, 6) is 0. The molecule has 0 unspecified atom stereocenters. The van der Waals surface area contributed by atoms with Crippen molar-refractivity contribution in [3.8, 4) is 0 Å². The van der Waals surface area contributed by atoms with Gasteiger partial charge in [-0.3, -0.25) is 0 Å². The maximum atomic E-state index is 2.21. The summed E-state index contributed by atoms with van der Waals surface area (Å²) >= 11 is 0. The van der Waals surface area contributed by atoms with Crippen LogP contribution in [-0.2, 0) is 13.0 Å². The van der Waals surface area contributed by atoms with Crippen LogP contribution in [0.25, 0.3) is 0 Å². The number of rotatable bonds is 3. The van der Waals surface area contributed by atoms with Gasteiger partial charge in [-0.25, -0.2) is 0 Å². The third-order valence-electron chi connectivity index (χ3n) is 1.93. The number of benzene rings is 1. The topological polar surface area (TPSA) is 3.24 Å². The van der Waals surface area contributed by atoms with Crippen LogP contribution in [0.5, 0.6) is 0 Å². The van der Waals surface area contributed by atoms with Crippen LogP contribution in [0, 0.1) is 0 Å². The molecule has 0 fully saturated rings. The Bertz CT molecular complexity index is 223. The molecule has 80 valence electrons. The van der Waals surface area contributed by atoms with Gasteiger partial charge in [0.25, 0.3) is 0 Å². The fourth-order valence-electron chi connectivity index (χ4n) is 1.25. The molecule has 0 aromatic heterocycles. The second kappa shape index (κ2) is 7.57. The molecule has 1 aromatic carbocycles. The van der Waals surface area contributed by atoms with E-state index < -0.39 is 0 Å². The molecule has 0 atom stereocenters. The lowest BCUT2D eigenvalue weighted by molar-refractivity contribution is 0.402. The predicted octanol–water partition coefficient (Wildman–Crippen LogP) is 3.34. The molecule has 14 heavy (non-hydrogen) atoms. The Morgan fingerprint density at radius 3 is 1.71 bits per heavy atom. The van der Waals surface area contributed by atoms with Crippen molar-refractivity contribution in [2.75, 3.05) is 14.1 Å². The quantitative estimate of drug-likeness (QED) is 0.711. The van der Waals surface area contributed by atoms with E-state index in [1.54, 1.807) is 0 Å². The highest BCUT2D eigenvalue weighted by molar-refractivity contribution is 5.22. The van der Waals surface area contributed by atoms with E-state index in [1.165, 1.54) is 11.1 Å². The minimum atomic E-state index is 1.03. The Hall–Kier alpha value is -0.820. The summed E-state index contributed by atoms with van der Waals surface area (Å²) in [6.45, 7) is 7.21. The second-order valence-corrected chi connectivity index (χ2v) is 3.41. The molecule has 1 heteroatoms. The van der Waals surface area contributed by atoms with E-state index in [0.29, 0.717) is 0 Å². The molecule has 0 aliphatic rings. The summed E-state index contributed by atoms with van der Waals surface area (Å²) in [6.07, 6.45) is 1.13. The molecular formula is C13H23N. The van der Waals surface area contributed by atoms with Crippen LogP contribution in [-0.4, -0.2) is 19.0 Å². The average molecular weight is 193 g/mol. The zero-order valence-electron chi connectivity index (χ0n) is 10.2. The van der Waals surface area contributed by atoms with Crippen LogP contribution in [0.4, 0.5) is 0 Å². The van der Waals surface area contributed by atoms with E-state index in [1.807, 2.05) is 13.8 Å².